The first-order valence-electron chi connectivity index (χ1n) is 8.14. The zero-order valence-corrected chi connectivity index (χ0v) is 14.8. The van der Waals surface area contributed by atoms with E-state index in [1.54, 1.807) is 24.3 Å². The van der Waals surface area contributed by atoms with E-state index in [9.17, 15) is 4.79 Å². The number of hydrogen-bond donors (Lipinski definition) is 1. The van der Waals surface area contributed by atoms with Gasteiger partial charge in [0.2, 0.25) is 0 Å². The van der Waals surface area contributed by atoms with E-state index in [-0.39, 0.29) is 5.91 Å². The first kappa shape index (κ1) is 16.8. The number of benzene rings is 2. The molecule has 126 valence electrons. The van der Waals surface area contributed by atoms with Crippen molar-refractivity contribution in [1.82, 2.24) is 4.90 Å². The maximum Gasteiger partial charge on any atom is 0.255 e. The Bertz CT molecular complexity index is 722. The van der Waals surface area contributed by atoms with Crippen molar-refractivity contribution in [2.75, 3.05) is 43.4 Å². The molecule has 1 N–H and O–H groups in total. The molecule has 2 aromatic rings. The lowest BCUT2D eigenvalue weighted by Gasteiger charge is -2.34. The minimum absolute atomic E-state index is 0.123. The van der Waals surface area contributed by atoms with Crippen molar-refractivity contribution in [1.29, 1.82) is 0 Å². The van der Waals surface area contributed by atoms with Crippen LogP contribution in [0.3, 0.4) is 0 Å². The van der Waals surface area contributed by atoms with Crippen LogP contribution in [-0.4, -0.2) is 44.0 Å². The van der Waals surface area contributed by atoms with Crippen LogP contribution in [0.4, 0.5) is 11.4 Å². The van der Waals surface area contributed by atoms with Crippen LogP contribution in [0.2, 0.25) is 5.02 Å². The summed E-state index contributed by atoms with van der Waals surface area (Å²) in [7, 11) is 2.15. The molecule has 0 atom stereocenters. The molecule has 0 aromatic heterocycles. The molecule has 24 heavy (non-hydrogen) atoms. The molecule has 5 heteroatoms. The molecule has 0 saturated carbocycles. The molecule has 0 aliphatic carbocycles. The average molecular weight is 344 g/mol. The van der Waals surface area contributed by atoms with E-state index in [4.69, 9.17) is 11.6 Å². The van der Waals surface area contributed by atoms with Gasteiger partial charge in [-0.2, -0.15) is 0 Å². The van der Waals surface area contributed by atoms with E-state index >= 15 is 0 Å². The molecule has 1 amide bonds. The average Bonchev–Trinajstić information content (AvgIpc) is 2.58. The van der Waals surface area contributed by atoms with Gasteiger partial charge in [0.1, 0.15) is 0 Å². The molecule has 4 nitrogen and oxygen atoms in total. The summed E-state index contributed by atoms with van der Waals surface area (Å²) in [5.41, 5.74) is 3.72. The summed E-state index contributed by atoms with van der Waals surface area (Å²) in [4.78, 5) is 17.1. The number of nitrogens with one attached hydrogen (secondary N) is 1. The van der Waals surface area contributed by atoms with Gasteiger partial charge in [-0.15, -0.1) is 0 Å². The maximum absolute atomic E-state index is 12.3. The number of piperazine rings is 1. The summed E-state index contributed by atoms with van der Waals surface area (Å²) >= 11 is 5.86. The molecule has 1 heterocycles. The summed E-state index contributed by atoms with van der Waals surface area (Å²) in [5.74, 6) is -0.123. The summed E-state index contributed by atoms with van der Waals surface area (Å²) in [5, 5.41) is 3.60. The smallest absolute Gasteiger partial charge is 0.255 e. The van der Waals surface area contributed by atoms with Crippen LogP contribution in [0.1, 0.15) is 15.9 Å². The van der Waals surface area contributed by atoms with Crippen LogP contribution < -0.4 is 10.2 Å². The summed E-state index contributed by atoms with van der Waals surface area (Å²) in [6.07, 6.45) is 0. The van der Waals surface area contributed by atoms with E-state index in [0.717, 1.165) is 37.4 Å². The Hall–Kier alpha value is -2.04. The number of anilines is 2. The van der Waals surface area contributed by atoms with Crippen molar-refractivity contribution in [3.8, 4) is 0 Å². The molecule has 1 aliphatic heterocycles. The van der Waals surface area contributed by atoms with Crippen molar-refractivity contribution in [3.05, 3.63) is 58.6 Å². The zero-order valence-electron chi connectivity index (χ0n) is 14.1. The van der Waals surface area contributed by atoms with Crippen molar-refractivity contribution < 1.29 is 4.79 Å². The van der Waals surface area contributed by atoms with Crippen molar-refractivity contribution >= 4 is 28.9 Å². The summed E-state index contributed by atoms with van der Waals surface area (Å²) < 4.78 is 0. The third kappa shape index (κ3) is 3.89. The standard InChI is InChI=1S/C19H22ClN3O/c1-14-13-17(23-11-9-22(2)10-12-23)7-8-18(14)21-19(24)15-3-5-16(20)6-4-15/h3-8,13H,9-12H2,1-2H3,(H,21,24). The van der Waals surface area contributed by atoms with Crippen LogP contribution in [0.5, 0.6) is 0 Å². The Morgan fingerprint density at radius 3 is 2.33 bits per heavy atom. The Morgan fingerprint density at radius 1 is 1.04 bits per heavy atom. The minimum atomic E-state index is -0.123. The number of carbonyl (C=O) groups is 1. The maximum atomic E-state index is 12.3. The van der Waals surface area contributed by atoms with Gasteiger partial charge in [-0.25, -0.2) is 0 Å². The lowest BCUT2D eigenvalue weighted by atomic mass is 10.1. The van der Waals surface area contributed by atoms with Crippen LogP contribution >= 0.6 is 11.6 Å². The first-order valence-corrected chi connectivity index (χ1v) is 8.52. The van der Waals surface area contributed by atoms with Crippen LogP contribution in [0.15, 0.2) is 42.5 Å². The van der Waals surface area contributed by atoms with Gasteiger partial charge < -0.3 is 15.1 Å². The zero-order chi connectivity index (χ0) is 17.1. The van der Waals surface area contributed by atoms with Crippen LogP contribution in [0, 0.1) is 6.92 Å². The Kier molecular flexibility index (Phi) is 5.07. The third-order valence-corrected chi connectivity index (χ3v) is 4.69. The molecule has 0 bridgehead atoms. The molecular weight excluding hydrogens is 322 g/mol. The Morgan fingerprint density at radius 2 is 1.71 bits per heavy atom. The highest BCUT2D eigenvalue weighted by Gasteiger charge is 2.15. The molecule has 3 rings (SSSR count). The van der Waals surface area contributed by atoms with Crippen molar-refractivity contribution in [3.63, 3.8) is 0 Å². The Balaban J connectivity index is 1.70. The molecule has 0 spiro atoms. The molecule has 0 radical (unpaired) electrons. The number of aryl methyl sites for hydroxylation is 1. The SMILES string of the molecule is Cc1cc(N2CCN(C)CC2)ccc1NC(=O)c1ccc(Cl)cc1. The predicted molar refractivity (Wildman–Crippen MR) is 100 cm³/mol. The van der Waals surface area contributed by atoms with Crippen LogP contribution in [0.25, 0.3) is 0 Å². The number of amides is 1. The van der Waals surface area contributed by atoms with Gasteiger partial charge in [0.25, 0.3) is 5.91 Å². The molecule has 2 aromatic carbocycles. The lowest BCUT2D eigenvalue weighted by molar-refractivity contribution is 0.102. The third-order valence-electron chi connectivity index (χ3n) is 4.43. The second-order valence-corrected chi connectivity index (χ2v) is 6.69. The van der Waals surface area contributed by atoms with E-state index < -0.39 is 0 Å². The summed E-state index contributed by atoms with van der Waals surface area (Å²) in [6.45, 7) is 6.25. The van der Waals surface area contributed by atoms with Gasteiger partial charge >= 0.3 is 0 Å². The fourth-order valence-corrected chi connectivity index (χ4v) is 2.97. The van der Waals surface area contributed by atoms with E-state index in [2.05, 4.69) is 34.3 Å². The molecule has 1 aliphatic rings. The monoisotopic (exact) mass is 343 g/mol. The second-order valence-electron chi connectivity index (χ2n) is 6.25. The predicted octanol–water partition coefficient (Wildman–Crippen LogP) is 3.65. The molecular formula is C19H22ClN3O. The van der Waals surface area contributed by atoms with E-state index in [0.29, 0.717) is 10.6 Å². The van der Waals surface area contributed by atoms with Crippen molar-refractivity contribution in [2.24, 2.45) is 0 Å². The highest BCUT2D eigenvalue weighted by molar-refractivity contribution is 6.30. The minimum Gasteiger partial charge on any atom is -0.369 e. The molecule has 1 fully saturated rings. The van der Waals surface area contributed by atoms with Gasteiger partial charge in [0.15, 0.2) is 0 Å². The van der Waals surface area contributed by atoms with E-state index in [1.807, 2.05) is 13.0 Å². The lowest BCUT2D eigenvalue weighted by Crippen LogP contribution is -2.44. The highest BCUT2D eigenvalue weighted by atomic mass is 35.5. The van der Waals surface area contributed by atoms with Gasteiger partial charge in [-0.05, 0) is 62.0 Å². The topological polar surface area (TPSA) is 35.6 Å². The second kappa shape index (κ2) is 7.24. The van der Waals surface area contributed by atoms with Crippen LogP contribution in [-0.2, 0) is 0 Å². The van der Waals surface area contributed by atoms with Gasteiger partial charge in [-0.1, -0.05) is 11.6 Å². The van der Waals surface area contributed by atoms with Gasteiger partial charge in [0.05, 0.1) is 0 Å². The first-order chi connectivity index (χ1) is 11.5. The Labute approximate surface area is 148 Å². The molecule has 0 unspecified atom stereocenters. The number of rotatable bonds is 3. The van der Waals surface area contributed by atoms with Gasteiger partial charge in [0, 0.05) is 48.1 Å². The normalized spacial score (nSPS) is 15.4. The number of carbonyl (C=O) groups excluding carboxylic acids is 1. The largest absolute Gasteiger partial charge is 0.369 e. The molecule has 1 saturated heterocycles. The van der Waals surface area contributed by atoms with Gasteiger partial charge in [-0.3, -0.25) is 4.79 Å². The fourth-order valence-electron chi connectivity index (χ4n) is 2.85. The number of hydrogen-bond acceptors (Lipinski definition) is 3. The quantitative estimate of drug-likeness (QED) is 0.924. The number of nitrogens with zero attached hydrogens (tertiary/aromatic N) is 2. The highest BCUT2D eigenvalue weighted by Crippen LogP contribution is 2.24. The number of likely N-dealkylation sites (N-methyl/N-ethyl adjacent to an activating group) is 1. The number of halogens is 1. The fraction of sp³-hybridized carbons (Fsp3) is 0.316. The summed E-state index contributed by atoms with van der Waals surface area (Å²) in [6, 6.07) is 13.1. The van der Waals surface area contributed by atoms with E-state index in [1.165, 1.54) is 5.69 Å². The van der Waals surface area contributed by atoms with Crippen molar-refractivity contribution in [2.45, 2.75) is 6.92 Å².